The molecule has 1 fully saturated rings. The molecule has 132 valence electrons. The summed E-state index contributed by atoms with van der Waals surface area (Å²) in [5.74, 6) is -2.83. The van der Waals surface area contributed by atoms with Crippen LogP contribution in [0.1, 0.15) is 44.1 Å². The molecule has 2 N–H and O–H groups in total. The van der Waals surface area contributed by atoms with Gasteiger partial charge in [-0.15, -0.1) is 0 Å². The summed E-state index contributed by atoms with van der Waals surface area (Å²) in [6.07, 6.45) is 4.59. The fourth-order valence-corrected chi connectivity index (χ4v) is 3.58. The first-order valence-electron chi connectivity index (χ1n) is 8.52. The summed E-state index contributed by atoms with van der Waals surface area (Å²) >= 11 is 0. The summed E-state index contributed by atoms with van der Waals surface area (Å²) in [5, 5.41) is 18.0. The van der Waals surface area contributed by atoms with E-state index < -0.39 is 30.0 Å². The van der Waals surface area contributed by atoms with E-state index in [0.717, 1.165) is 30.4 Å². The van der Waals surface area contributed by atoms with Crippen LogP contribution in [0.25, 0.3) is 11.1 Å². The molecule has 0 spiro atoms. The van der Waals surface area contributed by atoms with Gasteiger partial charge in [0.2, 0.25) is 0 Å². The lowest BCUT2D eigenvalue weighted by molar-refractivity contribution is 0.348. The highest BCUT2D eigenvalue weighted by atomic mass is 19.2. The Hall–Kier alpha value is -1.79. The van der Waals surface area contributed by atoms with E-state index in [1.807, 2.05) is 12.1 Å². The van der Waals surface area contributed by atoms with Crippen molar-refractivity contribution in [3.05, 3.63) is 53.3 Å². The molecule has 0 bridgehead atoms. The van der Waals surface area contributed by atoms with Crippen molar-refractivity contribution in [1.82, 2.24) is 0 Å². The molecule has 3 rings (SSSR count). The minimum absolute atomic E-state index is 0.233. The number of rotatable bonds is 3. The first-order valence-corrected chi connectivity index (χ1v) is 8.52. The molecule has 0 amide bonds. The molecule has 0 atom stereocenters. The van der Waals surface area contributed by atoms with Gasteiger partial charge in [0.05, 0.1) is 5.46 Å². The molecule has 2 aromatic rings. The lowest BCUT2D eigenvalue weighted by atomic mass is 9.78. The molecule has 6 heteroatoms. The first-order chi connectivity index (χ1) is 11.9. The van der Waals surface area contributed by atoms with Crippen LogP contribution in [0, 0.1) is 23.4 Å². The second-order valence-electron chi connectivity index (χ2n) is 6.90. The Labute approximate surface area is 145 Å². The van der Waals surface area contributed by atoms with E-state index in [9.17, 15) is 13.2 Å². The molecule has 0 saturated heterocycles. The first kappa shape index (κ1) is 18.0. The van der Waals surface area contributed by atoms with Crippen molar-refractivity contribution in [2.45, 2.75) is 38.5 Å². The van der Waals surface area contributed by atoms with E-state index >= 15 is 0 Å². The number of halogens is 3. The van der Waals surface area contributed by atoms with Gasteiger partial charge in [-0.05, 0) is 41.9 Å². The van der Waals surface area contributed by atoms with Crippen molar-refractivity contribution in [3.63, 3.8) is 0 Å². The van der Waals surface area contributed by atoms with E-state index in [4.69, 9.17) is 10.0 Å². The second-order valence-corrected chi connectivity index (χ2v) is 6.90. The third-order valence-corrected chi connectivity index (χ3v) is 5.16. The average molecular weight is 348 g/mol. The quantitative estimate of drug-likeness (QED) is 0.655. The Morgan fingerprint density at radius 1 is 0.920 bits per heavy atom. The Kier molecular flexibility index (Phi) is 5.20. The van der Waals surface area contributed by atoms with Crippen LogP contribution in [-0.2, 0) is 0 Å². The van der Waals surface area contributed by atoms with Crippen molar-refractivity contribution in [3.8, 4) is 11.1 Å². The highest BCUT2D eigenvalue weighted by Crippen LogP contribution is 2.36. The molecule has 0 unspecified atom stereocenters. The van der Waals surface area contributed by atoms with Gasteiger partial charge in [0.15, 0.2) is 11.6 Å². The fraction of sp³-hybridized carbons (Fsp3) is 0.368. The molecule has 2 aromatic carbocycles. The number of hydrogen-bond donors (Lipinski definition) is 2. The minimum Gasteiger partial charge on any atom is -0.423 e. The predicted octanol–water partition coefficient (Wildman–Crippen LogP) is 3.74. The molecule has 0 heterocycles. The summed E-state index contributed by atoms with van der Waals surface area (Å²) in [4.78, 5) is 0. The SMILES string of the molecule is CC1CCC(c2ccc(-c3cc(F)c(B(O)O)c(F)c3F)cc2)CC1. The summed E-state index contributed by atoms with van der Waals surface area (Å²) in [6.45, 7) is 2.25. The molecule has 1 aliphatic rings. The predicted molar refractivity (Wildman–Crippen MR) is 92.0 cm³/mol. The summed E-state index contributed by atoms with van der Waals surface area (Å²) in [5.41, 5.74) is 0.194. The van der Waals surface area contributed by atoms with E-state index in [2.05, 4.69) is 6.92 Å². The largest absolute Gasteiger partial charge is 0.494 e. The van der Waals surface area contributed by atoms with Crippen LogP contribution in [-0.4, -0.2) is 17.2 Å². The Balaban J connectivity index is 1.90. The van der Waals surface area contributed by atoms with Crippen LogP contribution in [0.5, 0.6) is 0 Å². The van der Waals surface area contributed by atoms with E-state index in [1.165, 1.54) is 12.8 Å². The van der Waals surface area contributed by atoms with Crippen LogP contribution >= 0.6 is 0 Å². The third kappa shape index (κ3) is 3.60. The van der Waals surface area contributed by atoms with Gasteiger partial charge in [0.25, 0.3) is 0 Å². The van der Waals surface area contributed by atoms with Crippen molar-refractivity contribution >= 4 is 12.6 Å². The van der Waals surface area contributed by atoms with Gasteiger partial charge in [0, 0.05) is 5.56 Å². The molecule has 25 heavy (non-hydrogen) atoms. The lowest BCUT2D eigenvalue weighted by Crippen LogP contribution is -2.36. The fourth-order valence-electron chi connectivity index (χ4n) is 3.58. The van der Waals surface area contributed by atoms with Crippen LogP contribution < -0.4 is 5.46 Å². The zero-order valence-corrected chi connectivity index (χ0v) is 14.0. The van der Waals surface area contributed by atoms with Crippen LogP contribution in [0.4, 0.5) is 13.2 Å². The van der Waals surface area contributed by atoms with Crippen LogP contribution in [0.15, 0.2) is 30.3 Å². The lowest BCUT2D eigenvalue weighted by Gasteiger charge is -2.26. The summed E-state index contributed by atoms with van der Waals surface area (Å²) in [6, 6.07) is 7.85. The van der Waals surface area contributed by atoms with Gasteiger partial charge >= 0.3 is 7.12 Å². The number of hydrogen-bond acceptors (Lipinski definition) is 2. The molecule has 0 radical (unpaired) electrons. The van der Waals surface area contributed by atoms with Gasteiger partial charge in [-0.25, -0.2) is 13.2 Å². The molecule has 1 aliphatic carbocycles. The highest BCUT2D eigenvalue weighted by molar-refractivity contribution is 6.58. The highest BCUT2D eigenvalue weighted by Gasteiger charge is 2.27. The maximum atomic E-state index is 14.2. The Bertz CT molecular complexity index is 754. The van der Waals surface area contributed by atoms with E-state index in [0.29, 0.717) is 11.5 Å². The molecular formula is C19H20BF3O2. The van der Waals surface area contributed by atoms with Crippen molar-refractivity contribution in [2.24, 2.45) is 5.92 Å². The standard InChI is InChI=1S/C19H20BF3O2/c1-11-2-4-12(5-3-11)13-6-8-14(9-7-13)15-10-16(21)17(20(24)25)19(23)18(15)22/h6-12,24-25H,2-5H2,1H3. The molecule has 0 aliphatic heterocycles. The Morgan fingerprint density at radius 2 is 1.52 bits per heavy atom. The summed E-state index contributed by atoms with van der Waals surface area (Å²) < 4.78 is 42.1. The van der Waals surface area contributed by atoms with Gasteiger partial charge < -0.3 is 10.0 Å². The van der Waals surface area contributed by atoms with Gasteiger partial charge in [-0.2, -0.15) is 0 Å². The van der Waals surface area contributed by atoms with Gasteiger partial charge in [0.1, 0.15) is 5.82 Å². The molecular weight excluding hydrogens is 328 g/mol. The maximum Gasteiger partial charge on any atom is 0.494 e. The zero-order chi connectivity index (χ0) is 18.1. The third-order valence-electron chi connectivity index (χ3n) is 5.16. The van der Waals surface area contributed by atoms with Crippen LogP contribution in [0.2, 0.25) is 0 Å². The zero-order valence-electron chi connectivity index (χ0n) is 14.0. The maximum absolute atomic E-state index is 14.2. The van der Waals surface area contributed by atoms with Gasteiger partial charge in [-0.3, -0.25) is 0 Å². The Morgan fingerprint density at radius 3 is 2.08 bits per heavy atom. The number of benzene rings is 2. The van der Waals surface area contributed by atoms with Crippen LogP contribution in [0.3, 0.4) is 0 Å². The smallest absolute Gasteiger partial charge is 0.423 e. The second kappa shape index (κ2) is 7.22. The topological polar surface area (TPSA) is 40.5 Å². The van der Waals surface area contributed by atoms with Crippen molar-refractivity contribution < 1.29 is 23.2 Å². The summed E-state index contributed by atoms with van der Waals surface area (Å²) in [7, 11) is -2.40. The minimum atomic E-state index is -2.40. The molecule has 1 saturated carbocycles. The van der Waals surface area contributed by atoms with Crippen molar-refractivity contribution in [2.75, 3.05) is 0 Å². The van der Waals surface area contributed by atoms with E-state index in [1.54, 1.807) is 12.1 Å². The molecule has 0 aromatic heterocycles. The van der Waals surface area contributed by atoms with E-state index in [-0.39, 0.29) is 5.56 Å². The normalized spacial score (nSPS) is 20.6. The molecule has 2 nitrogen and oxygen atoms in total. The monoisotopic (exact) mass is 348 g/mol. The van der Waals surface area contributed by atoms with Gasteiger partial charge in [-0.1, -0.05) is 44.0 Å². The average Bonchev–Trinajstić information content (AvgIpc) is 2.59. The van der Waals surface area contributed by atoms with Crippen molar-refractivity contribution in [1.29, 1.82) is 0 Å².